The Hall–Kier alpha value is -1.85. The number of piperazine rings is 1. The maximum atomic E-state index is 12.5. The van der Waals surface area contributed by atoms with Gasteiger partial charge in [-0.25, -0.2) is 0 Å². The fraction of sp³-hybridized carbons (Fsp3) is 0.421. The fourth-order valence-electron chi connectivity index (χ4n) is 2.93. The first-order chi connectivity index (χ1) is 12.4. The lowest BCUT2D eigenvalue weighted by Crippen LogP contribution is -2.52. The number of hydrogen-bond acceptors (Lipinski definition) is 4. The van der Waals surface area contributed by atoms with Gasteiger partial charge in [0, 0.05) is 37.6 Å². The molecule has 0 bridgehead atoms. The Labute approximate surface area is 163 Å². The lowest BCUT2D eigenvalue weighted by atomic mass is 9.94. The van der Waals surface area contributed by atoms with Crippen LogP contribution in [0, 0.1) is 5.41 Å². The summed E-state index contributed by atoms with van der Waals surface area (Å²) in [7, 11) is 0. The van der Waals surface area contributed by atoms with E-state index in [1.807, 2.05) is 55.1 Å². The van der Waals surface area contributed by atoms with E-state index in [2.05, 4.69) is 15.1 Å². The van der Waals surface area contributed by atoms with Crippen molar-refractivity contribution in [1.29, 1.82) is 0 Å². The summed E-state index contributed by atoms with van der Waals surface area (Å²) in [6.45, 7) is 6.54. The molecule has 1 aliphatic heterocycles. The molecule has 1 aliphatic rings. The van der Waals surface area contributed by atoms with E-state index in [1.165, 1.54) is 0 Å². The number of rotatable bonds is 4. The molecule has 0 radical (unpaired) electrons. The summed E-state index contributed by atoms with van der Waals surface area (Å²) >= 11 is 12.1. The Morgan fingerprint density at radius 1 is 1.08 bits per heavy atom. The van der Waals surface area contributed by atoms with Crippen molar-refractivity contribution in [2.24, 2.45) is 5.41 Å². The van der Waals surface area contributed by atoms with Crippen molar-refractivity contribution >= 4 is 34.9 Å². The number of anilines is 1. The van der Waals surface area contributed by atoms with Crippen LogP contribution in [0.2, 0.25) is 5.02 Å². The predicted octanol–water partition coefficient (Wildman–Crippen LogP) is 3.71. The third kappa shape index (κ3) is 3.94. The molecule has 0 saturated carbocycles. The zero-order valence-corrected chi connectivity index (χ0v) is 16.5. The summed E-state index contributed by atoms with van der Waals surface area (Å²) in [6, 6.07) is 11.5. The molecule has 1 amide bonds. The average Bonchev–Trinajstić information content (AvgIpc) is 2.68. The number of hydrogen-bond donors (Lipinski definition) is 0. The van der Waals surface area contributed by atoms with Gasteiger partial charge in [0.25, 0.3) is 0 Å². The number of carbonyl (C=O) groups excluding carboxylic acids is 1. The molecule has 1 aromatic heterocycles. The molecule has 5 nitrogen and oxygen atoms in total. The van der Waals surface area contributed by atoms with Crippen LogP contribution in [-0.2, 0) is 4.79 Å². The van der Waals surface area contributed by atoms with E-state index in [1.54, 1.807) is 0 Å². The molecule has 0 aliphatic carbocycles. The van der Waals surface area contributed by atoms with E-state index in [-0.39, 0.29) is 5.91 Å². The summed E-state index contributed by atoms with van der Waals surface area (Å²) in [5.41, 5.74) is 1.09. The number of nitrogens with zero attached hydrogens (tertiary/aromatic N) is 4. The van der Waals surface area contributed by atoms with Crippen molar-refractivity contribution in [3.63, 3.8) is 0 Å². The van der Waals surface area contributed by atoms with Crippen LogP contribution in [0.3, 0.4) is 0 Å². The number of carbonyl (C=O) groups is 1. The number of alkyl halides is 1. The lowest BCUT2D eigenvalue weighted by Gasteiger charge is -2.38. The summed E-state index contributed by atoms with van der Waals surface area (Å²) in [6.07, 6.45) is 0. The van der Waals surface area contributed by atoms with Crippen LogP contribution < -0.4 is 4.90 Å². The maximum absolute atomic E-state index is 12.5. The van der Waals surface area contributed by atoms with Gasteiger partial charge in [-0.05, 0) is 32.0 Å². The first-order valence-corrected chi connectivity index (χ1v) is 9.52. The quantitative estimate of drug-likeness (QED) is 0.744. The molecular formula is C19H22Cl2N4O. The Balaban J connectivity index is 1.65. The Bertz CT molecular complexity index is 771. The normalized spacial score (nSPS) is 15.2. The third-order valence-corrected chi connectivity index (χ3v) is 5.60. The maximum Gasteiger partial charge on any atom is 0.229 e. The highest BCUT2D eigenvalue weighted by atomic mass is 35.5. The topological polar surface area (TPSA) is 49.3 Å². The molecule has 138 valence electrons. The van der Waals surface area contributed by atoms with Crippen molar-refractivity contribution in [1.82, 2.24) is 15.1 Å². The minimum absolute atomic E-state index is 0.104. The van der Waals surface area contributed by atoms with E-state index in [9.17, 15) is 4.79 Å². The van der Waals surface area contributed by atoms with Gasteiger partial charge in [-0.15, -0.1) is 21.8 Å². The monoisotopic (exact) mass is 392 g/mol. The van der Waals surface area contributed by atoms with Crippen LogP contribution in [0.1, 0.15) is 13.8 Å². The molecule has 0 atom stereocenters. The van der Waals surface area contributed by atoms with E-state index in [0.717, 1.165) is 30.2 Å². The molecule has 1 fully saturated rings. The first-order valence-electron chi connectivity index (χ1n) is 8.61. The number of aromatic nitrogens is 2. The molecule has 1 saturated heterocycles. The Morgan fingerprint density at radius 2 is 1.77 bits per heavy atom. The Kier molecular flexibility index (Phi) is 5.68. The Morgan fingerprint density at radius 3 is 2.35 bits per heavy atom. The second kappa shape index (κ2) is 7.80. The van der Waals surface area contributed by atoms with Crippen LogP contribution in [0.15, 0.2) is 36.4 Å². The summed E-state index contributed by atoms with van der Waals surface area (Å²) in [5.74, 6) is 1.23. The molecule has 7 heteroatoms. The standard InChI is InChI=1S/C19H22Cl2N4O/c1-19(2,13-20)18(26)25-11-9-24(10-12-25)17-8-7-16(22-23-17)14-5-3-4-6-15(14)21/h3-8H,9-13H2,1-2H3. The lowest BCUT2D eigenvalue weighted by molar-refractivity contribution is -0.139. The van der Waals surface area contributed by atoms with E-state index in [0.29, 0.717) is 24.0 Å². The summed E-state index contributed by atoms with van der Waals surface area (Å²) < 4.78 is 0. The molecule has 0 spiro atoms. The number of halogens is 2. The average molecular weight is 393 g/mol. The van der Waals surface area contributed by atoms with Crippen molar-refractivity contribution in [3.05, 3.63) is 41.4 Å². The van der Waals surface area contributed by atoms with Gasteiger partial charge in [0.05, 0.1) is 16.1 Å². The SMILES string of the molecule is CC(C)(CCl)C(=O)N1CCN(c2ccc(-c3ccccc3Cl)nn2)CC1. The van der Waals surface area contributed by atoms with Gasteiger partial charge < -0.3 is 9.80 Å². The van der Waals surface area contributed by atoms with Gasteiger partial charge in [-0.1, -0.05) is 29.8 Å². The molecule has 3 rings (SSSR count). The van der Waals surface area contributed by atoms with Crippen LogP contribution >= 0.6 is 23.2 Å². The largest absolute Gasteiger partial charge is 0.352 e. The number of amides is 1. The number of benzene rings is 1. The van der Waals surface area contributed by atoms with E-state index < -0.39 is 5.41 Å². The highest BCUT2D eigenvalue weighted by Crippen LogP contribution is 2.27. The van der Waals surface area contributed by atoms with Crippen molar-refractivity contribution in [2.45, 2.75) is 13.8 Å². The second-order valence-corrected chi connectivity index (χ2v) is 7.73. The van der Waals surface area contributed by atoms with Crippen LogP contribution in [-0.4, -0.2) is 53.1 Å². The van der Waals surface area contributed by atoms with Gasteiger partial charge in [0.2, 0.25) is 5.91 Å². The molecule has 0 N–H and O–H groups in total. The van der Waals surface area contributed by atoms with E-state index >= 15 is 0 Å². The van der Waals surface area contributed by atoms with Gasteiger partial charge in [0.15, 0.2) is 5.82 Å². The molecule has 1 aromatic carbocycles. The highest BCUT2D eigenvalue weighted by molar-refractivity contribution is 6.33. The van der Waals surface area contributed by atoms with Crippen molar-refractivity contribution < 1.29 is 4.79 Å². The van der Waals surface area contributed by atoms with Gasteiger partial charge in [-0.2, -0.15) is 0 Å². The first kappa shape index (κ1) is 18.9. The van der Waals surface area contributed by atoms with Crippen LogP contribution in [0.25, 0.3) is 11.3 Å². The summed E-state index contributed by atoms with van der Waals surface area (Å²) in [4.78, 5) is 16.5. The highest BCUT2D eigenvalue weighted by Gasteiger charge is 2.33. The smallest absolute Gasteiger partial charge is 0.229 e. The second-order valence-electron chi connectivity index (χ2n) is 7.05. The molecule has 26 heavy (non-hydrogen) atoms. The van der Waals surface area contributed by atoms with Gasteiger partial charge >= 0.3 is 0 Å². The molecule has 2 heterocycles. The van der Waals surface area contributed by atoms with Crippen LogP contribution in [0.5, 0.6) is 0 Å². The minimum atomic E-state index is -0.528. The third-order valence-electron chi connectivity index (χ3n) is 4.60. The molecule has 2 aromatic rings. The van der Waals surface area contributed by atoms with Gasteiger partial charge in [-0.3, -0.25) is 4.79 Å². The van der Waals surface area contributed by atoms with Crippen molar-refractivity contribution in [2.75, 3.05) is 37.0 Å². The van der Waals surface area contributed by atoms with Gasteiger partial charge in [0.1, 0.15) is 0 Å². The van der Waals surface area contributed by atoms with Crippen LogP contribution in [0.4, 0.5) is 5.82 Å². The molecule has 0 unspecified atom stereocenters. The fourth-order valence-corrected chi connectivity index (χ4v) is 3.28. The zero-order chi connectivity index (χ0) is 18.7. The predicted molar refractivity (Wildman–Crippen MR) is 106 cm³/mol. The van der Waals surface area contributed by atoms with Crippen molar-refractivity contribution in [3.8, 4) is 11.3 Å². The minimum Gasteiger partial charge on any atom is -0.352 e. The zero-order valence-electron chi connectivity index (χ0n) is 15.0. The van der Waals surface area contributed by atoms with E-state index in [4.69, 9.17) is 23.2 Å². The molecular weight excluding hydrogens is 371 g/mol. The summed E-state index contributed by atoms with van der Waals surface area (Å²) in [5, 5.41) is 9.32.